The van der Waals surface area contributed by atoms with Crippen LogP contribution in [-0.2, 0) is 12.2 Å². The second kappa shape index (κ2) is 6.57. The van der Waals surface area contributed by atoms with E-state index in [2.05, 4.69) is 42.0 Å². The molecular formula is C15H18N2OS. The highest BCUT2D eigenvalue weighted by Crippen LogP contribution is 2.21. The molecule has 2 aromatic rings. The summed E-state index contributed by atoms with van der Waals surface area (Å²) in [5.74, 6) is 1.44. The van der Waals surface area contributed by atoms with Crippen molar-refractivity contribution < 1.29 is 0 Å². The minimum atomic E-state index is -0.0571. The summed E-state index contributed by atoms with van der Waals surface area (Å²) in [4.78, 5) is 20.0. The lowest BCUT2D eigenvalue weighted by molar-refractivity contribution is 0.845. The molecule has 0 saturated heterocycles. The number of aromatic amines is 1. The van der Waals surface area contributed by atoms with Gasteiger partial charge < -0.3 is 4.98 Å². The average Bonchev–Trinajstić information content (AvgIpc) is 2.36. The van der Waals surface area contributed by atoms with Gasteiger partial charge in [0.05, 0.1) is 5.75 Å². The van der Waals surface area contributed by atoms with Gasteiger partial charge in [-0.2, -0.15) is 0 Å². The highest BCUT2D eigenvalue weighted by molar-refractivity contribution is 7.98. The molecule has 19 heavy (non-hydrogen) atoms. The Balaban J connectivity index is 2.09. The fraction of sp³-hybridized carbons (Fsp3) is 0.333. The highest BCUT2D eigenvalue weighted by Gasteiger charge is 2.02. The van der Waals surface area contributed by atoms with Gasteiger partial charge in [-0.3, -0.25) is 4.79 Å². The number of H-pyrrole nitrogens is 1. The van der Waals surface area contributed by atoms with Crippen LogP contribution in [0.2, 0.25) is 0 Å². The van der Waals surface area contributed by atoms with Crippen molar-refractivity contribution in [1.82, 2.24) is 9.97 Å². The summed E-state index contributed by atoms with van der Waals surface area (Å²) in [6, 6.07) is 9.92. The molecule has 0 aliphatic heterocycles. The number of rotatable bonds is 5. The summed E-state index contributed by atoms with van der Waals surface area (Å²) in [6.07, 6.45) is 1.85. The van der Waals surface area contributed by atoms with E-state index in [1.807, 2.05) is 6.07 Å². The Morgan fingerprint density at radius 2 is 2.16 bits per heavy atom. The topological polar surface area (TPSA) is 45.8 Å². The quantitative estimate of drug-likeness (QED) is 0.851. The maximum Gasteiger partial charge on any atom is 0.251 e. The van der Waals surface area contributed by atoms with Crippen LogP contribution < -0.4 is 5.56 Å². The molecule has 2 rings (SSSR count). The van der Waals surface area contributed by atoms with E-state index >= 15 is 0 Å². The molecule has 3 nitrogen and oxygen atoms in total. The van der Waals surface area contributed by atoms with Gasteiger partial charge in [0.25, 0.3) is 5.56 Å². The van der Waals surface area contributed by atoms with Crippen LogP contribution in [0.15, 0.2) is 40.0 Å². The van der Waals surface area contributed by atoms with Gasteiger partial charge in [0.15, 0.2) is 0 Å². The first-order valence-corrected chi connectivity index (χ1v) is 7.44. The van der Waals surface area contributed by atoms with Gasteiger partial charge in [-0.15, -0.1) is 11.8 Å². The fourth-order valence-corrected chi connectivity index (χ4v) is 2.76. The number of nitrogens with one attached hydrogen (secondary N) is 1. The fourth-order valence-electron chi connectivity index (χ4n) is 1.87. The highest BCUT2D eigenvalue weighted by atomic mass is 32.2. The Bertz CT molecular complexity index is 607. The SMILES string of the molecule is CCCc1cc(=O)[nH]c(CSc2cccc(C)c2)n1. The van der Waals surface area contributed by atoms with Gasteiger partial charge in [0.2, 0.25) is 0 Å². The van der Waals surface area contributed by atoms with Crippen molar-refractivity contribution in [3.63, 3.8) is 0 Å². The van der Waals surface area contributed by atoms with Crippen molar-refractivity contribution in [3.05, 3.63) is 57.8 Å². The van der Waals surface area contributed by atoms with Crippen LogP contribution in [-0.4, -0.2) is 9.97 Å². The molecule has 0 aliphatic rings. The Labute approximate surface area is 117 Å². The smallest absolute Gasteiger partial charge is 0.251 e. The standard InChI is InChI=1S/C15H18N2OS/c1-3-5-12-9-15(18)17-14(16-12)10-19-13-7-4-6-11(2)8-13/h4,6-9H,3,5,10H2,1-2H3,(H,16,17,18). The van der Waals surface area contributed by atoms with E-state index in [0.717, 1.165) is 24.4 Å². The van der Waals surface area contributed by atoms with Crippen LogP contribution in [0.1, 0.15) is 30.4 Å². The van der Waals surface area contributed by atoms with Crippen LogP contribution in [0.3, 0.4) is 0 Å². The maximum absolute atomic E-state index is 11.5. The largest absolute Gasteiger partial charge is 0.310 e. The lowest BCUT2D eigenvalue weighted by Crippen LogP contribution is -2.12. The first kappa shape index (κ1) is 13.9. The first-order chi connectivity index (χ1) is 9.17. The third-order valence-corrected chi connectivity index (χ3v) is 3.72. The molecule has 4 heteroatoms. The van der Waals surface area contributed by atoms with E-state index in [0.29, 0.717) is 5.75 Å². The molecule has 0 saturated carbocycles. The average molecular weight is 274 g/mol. The molecule has 0 radical (unpaired) electrons. The molecule has 1 heterocycles. The summed E-state index contributed by atoms with van der Waals surface area (Å²) >= 11 is 1.69. The van der Waals surface area contributed by atoms with Crippen molar-refractivity contribution >= 4 is 11.8 Å². The van der Waals surface area contributed by atoms with Gasteiger partial charge in [0.1, 0.15) is 5.82 Å². The van der Waals surface area contributed by atoms with Crippen molar-refractivity contribution in [3.8, 4) is 0 Å². The van der Waals surface area contributed by atoms with Crippen LogP contribution in [0.5, 0.6) is 0 Å². The number of aryl methyl sites for hydroxylation is 2. The summed E-state index contributed by atoms with van der Waals surface area (Å²) in [5.41, 5.74) is 2.07. The predicted molar refractivity (Wildman–Crippen MR) is 79.6 cm³/mol. The number of nitrogens with zero attached hydrogens (tertiary/aromatic N) is 1. The normalized spacial score (nSPS) is 10.6. The van der Waals surface area contributed by atoms with Crippen molar-refractivity contribution in [2.45, 2.75) is 37.3 Å². The number of thioether (sulfide) groups is 1. The molecule has 1 aromatic heterocycles. The van der Waals surface area contributed by atoms with Crippen molar-refractivity contribution in [2.24, 2.45) is 0 Å². The van der Waals surface area contributed by atoms with Crippen LogP contribution in [0.4, 0.5) is 0 Å². The van der Waals surface area contributed by atoms with Gasteiger partial charge in [-0.1, -0.05) is 31.0 Å². The first-order valence-electron chi connectivity index (χ1n) is 6.46. The van der Waals surface area contributed by atoms with E-state index < -0.39 is 0 Å². The van der Waals surface area contributed by atoms with Crippen molar-refractivity contribution in [1.29, 1.82) is 0 Å². The lowest BCUT2D eigenvalue weighted by atomic mass is 10.2. The molecule has 0 aliphatic carbocycles. The second-order valence-electron chi connectivity index (χ2n) is 4.54. The third kappa shape index (κ3) is 4.24. The number of hydrogen-bond acceptors (Lipinski definition) is 3. The number of aromatic nitrogens is 2. The molecule has 0 unspecified atom stereocenters. The van der Waals surface area contributed by atoms with E-state index in [4.69, 9.17) is 0 Å². The molecule has 100 valence electrons. The van der Waals surface area contributed by atoms with Crippen LogP contribution >= 0.6 is 11.8 Å². The van der Waals surface area contributed by atoms with Crippen molar-refractivity contribution in [2.75, 3.05) is 0 Å². The predicted octanol–water partition coefficient (Wildman–Crippen LogP) is 3.32. The Morgan fingerprint density at radius 3 is 2.89 bits per heavy atom. The van der Waals surface area contributed by atoms with E-state index in [1.54, 1.807) is 17.8 Å². The second-order valence-corrected chi connectivity index (χ2v) is 5.59. The minimum absolute atomic E-state index is 0.0571. The molecule has 1 aromatic carbocycles. The van der Waals surface area contributed by atoms with Gasteiger partial charge in [-0.25, -0.2) is 4.98 Å². The molecule has 0 atom stereocenters. The Kier molecular flexibility index (Phi) is 4.80. The van der Waals surface area contributed by atoms with Gasteiger partial charge in [0, 0.05) is 16.7 Å². The lowest BCUT2D eigenvalue weighted by Gasteiger charge is -2.04. The zero-order valence-corrected chi connectivity index (χ0v) is 12.1. The molecule has 0 spiro atoms. The molecule has 0 amide bonds. The monoisotopic (exact) mass is 274 g/mol. The summed E-state index contributed by atoms with van der Waals surface area (Å²) < 4.78 is 0. The Morgan fingerprint density at radius 1 is 1.32 bits per heavy atom. The summed E-state index contributed by atoms with van der Waals surface area (Å²) in [5, 5.41) is 0. The number of benzene rings is 1. The maximum atomic E-state index is 11.5. The van der Waals surface area contributed by atoms with Crippen LogP contribution in [0.25, 0.3) is 0 Å². The molecule has 1 N–H and O–H groups in total. The zero-order valence-electron chi connectivity index (χ0n) is 11.3. The molecular weight excluding hydrogens is 256 g/mol. The Hall–Kier alpha value is -1.55. The zero-order chi connectivity index (χ0) is 13.7. The molecule has 0 fully saturated rings. The van der Waals surface area contributed by atoms with E-state index in [-0.39, 0.29) is 5.56 Å². The van der Waals surface area contributed by atoms with Crippen LogP contribution in [0, 0.1) is 6.92 Å². The van der Waals surface area contributed by atoms with E-state index in [1.165, 1.54) is 10.5 Å². The third-order valence-electron chi connectivity index (χ3n) is 2.71. The van der Waals surface area contributed by atoms with Gasteiger partial charge >= 0.3 is 0 Å². The molecule has 0 bridgehead atoms. The number of hydrogen-bond donors (Lipinski definition) is 1. The summed E-state index contributed by atoms with van der Waals surface area (Å²) in [7, 11) is 0. The van der Waals surface area contributed by atoms with Gasteiger partial charge in [-0.05, 0) is 25.5 Å². The van der Waals surface area contributed by atoms with E-state index in [9.17, 15) is 4.79 Å². The minimum Gasteiger partial charge on any atom is -0.310 e. The summed E-state index contributed by atoms with van der Waals surface area (Å²) in [6.45, 7) is 4.16.